The lowest BCUT2D eigenvalue weighted by molar-refractivity contribution is 0.0986. The van der Waals surface area contributed by atoms with Crippen LogP contribution in [0.25, 0.3) is 0 Å². The van der Waals surface area contributed by atoms with Gasteiger partial charge in [0, 0.05) is 11.3 Å². The van der Waals surface area contributed by atoms with Crippen molar-refractivity contribution in [3.8, 4) is 0 Å². The number of hydrogen-bond donors (Lipinski definition) is 0. The second-order valence-electron chi connectivity index (χ2n) is 5.93. The lowest BCUT2D eigenvalue weighted by Gasteiger charge is -2.41. The summed E-state index contributed by atoms with van der Waals surface area (Å²) < 4.78 is 0. The summed E-state index contributed by atoms with van der Waals surface area (Å²) in [5, 5.41) is 0. The lowest BCUT2D eigenvalue weighted by Crippen LogP contribution is -2.46. The fourth-order valence-corrected chi connectivity index (χ4v) is 3.58. The van der Waals surface area contributed by atoms with Crippen molar-refractivity contribution in [1.82, 2.24) is 0 Å². The summed E-state index contributed by atoms with van der Waals surface area (Å²) in [4.78, 5) is 15.1. The quantitative estimate of drug-likeness (QED) is 0.557. The lowest BCUT2D eigenvalue weighted by atomic mass is 9.77. The van der Waals surface area contributed by atoms with Crippen molar-refractivity contribution in [3.05, 3.63) is 102 Å². The van der Waals surface area contributed by atoms with Crippen LogP contribution in [-0.2, 0) is 5.54 Å². The smallest absolute Gasteiger partial charge is 0.259 e. The highest BCUT2D eigenvalue weighted by Crippen LogP contribution is 2.50. The fraction of sp³-hybridized carbons (Fsp3) is 0.136. The molecule has 2 aromatic carbocycles. The third-order valence-corrected chi connectivity index (χ3v) is 4.81. The molecule has 1 unspecified atom stereocenters. The highest BCUT2D eigenvalue weighted by Gasteiger charge is 2.52. The van der Waals surface area contributed by atoms with Gasteiger partial charge in [0.2, 0.25) is 0 Å². The average Bonchev–Trinajstić information content (AvgIpc) is 2.91. The molecule has 0 aliphatic carbocycles. The molecule has 0 N–H and O–H groups in total. The first-order valence-corrected chi connectivity index (χ1v) is 8.03. The first-order valence-electron chi connectivity index (χ1n) is 8.03. The maximum atomic E-state index is 13.3. The van der Waals surface area contributed by atoms with E-state index < -0.39 is 5.54 Å². The zero-order chi connectivity index (χ0) is 17.3. The summed E-state index contributed by atoms with van der Waals surface area (Å²) >= 11 is 0. The SMILES string of the molecule is C=CC(=C)C1(/C(C)=C/C)c2ccccc2C(=O)N1c1ccccc1. The standard InChI is InChI=1S/C22H21NO/c1-5-16(3)22(17(4)6-2)20-15-11-10-14-19(20)21(24)23(22)18-12-8-7-9-13-18/h5-15H,1,3H2,2,4H3/b17-6+. The maximum absolute atomic E-state index is 13.3. The van der Waals surface area contributed by atoms with E-state index >= 15 is 0 Å². The summed E-state index contributed by atoms with van der Waals surface area (Å²) in [5.74, 6) is -0.0130. The van der Waals surface area contributed by atoms with Crippen LogP contribution in [0.2, 0.25) is 0 Å². The second-order valence-corrected chi connectivity index (χ2v) is 5.93. The number of carbonyl (C=O) groups is 1. The highest BCUT2D eigenvalue weighted by molar-refractivity contribution is 6.13. The number of hydrogen-bond acceptors (Lipinski definition) is 1. The number of allylic oxidation sites excluding steroid dienone is 1. The van der Waals surface area contributed by atoms with Crippen molar-refractivity contribution < 1.29 is 4.79 Å². The first-order chi connectivity index (χ1) is 11.6. The van der Waals surface area contributed by atoms with E-state index in [4.69, 9.17) is 0 Å². The van der Waals surface area contributed by atoms with E-state index in [9.17, 15) is 4.79 Å². The number of fused-ring (bicyclic) bond motifs is 1. The van der Waals surface area contributed by atoms with E-state index in [1.165, 1.54) is 0 Å². The number of para-hydroxylation sites is 1. The Morgan fingerprint density at radius 3 is 2.33 bits per heavy atom. The van der Waals surface area contributed by atoms with Crippen LogP contribution in [-0.4, -0.2) is 5.91 Å². The topological polar surface area (TPSA) is 20.3 Å². The number of benzene rings is 2. The molecule has 0 saturated heterocycles. The van der Waals surface area contributed by atoms with Gasteiger partial charge in [-0.3, -0.25) is 9.69 Å². The molecule has 3 rings (SSSR count). The number of carbonyl (C=O) groups excluding carboxylic acids is 1. The molecule has 2 aromatic rings. The average molecular weight is 315 g/mol. The van der Waals surface area contributed by atoms with Gasteiger partial charge in [0.05, 0.1) is 0 Å². The molecule has 1 heterocycles. The molecule has 1 atom stereocenters. The molecule has 0 aromatic heterocycles. The van der Waals surface area contributed by atoms with Crippen molar-refractivity contribution in [2.45, 2.75) is 19.4 Å². The molecule has 120 valence electrons. The number of rotatable bonds is 4. The molecule has 2 nitrogen and oxygen atoms in total. The number of anilines is 1. The summed E-state index contributed by atoms with van der Waals surface area (Å²) in [6, 6.07) is 17.5. The van der Waals surface area contributed by atoms with Crippen molar-refractivity contribution >= 4 is 11.6 Å². The van der Waals surface area contributed by atoms with Gasteiger partial charge in [-0.05, 0) is 48.8 Å². The van der Waals surface area contributed by atoms with Crippen LogP contribution in [0.4, 0.5) is 5.69 Å². The van der Waals surface area contributed by atoms with Gasteiger partial charge in [-0.1, -0.05) is 61.7 Å². The van der Waals surface area contributed by atoms with Crippen LogP contribution in [0, 0.1) is 0 Å². The third-order valence-electron chi connectivity index (χ3n) is 4.81. The van der Waals surface area contributed by atoms with E-state index in [1.54, 1.807) is 6.08 Å². The normalized spacial score (nSPS) is 20.0. The van der Waals surface area contributed by atoms with Crippen LogP contribution in [0.3, 0.4) is 0 Å². The molecule has 0 fully saturated rings. The molecule has 1 aliphatic rings. The third kappa shape index (κ3) is 2.00. The monoisotopic (exact) mass is 315 g/mol. The largest absolute Gasteiger partial charge is 0.290 e. The molecular formula is C22H21NO. The van der Waals surface area contributed by atoms with E-state index in [0.29, 0.717) is 5.56 Å². The van der Waals surface area contributed by atoms with Gasteiger partial charge >= 0.3 is 0 Å². The van der Waals surface area contributed by atoms with Gasteiger partial charge in [0.15, 0.2) is 0 Å². The van der Waals surface area contributed by atoms with Crippen LogP contribution < -0.4 is 4.90 Å². The van der Waals surface area contributed by atoms with Crippen molar-refractivity contribution in [3.63, 3.8) is 0 Å². The zero-order valence-electron chi connectivity index (χ0n) is 14.1. The van der Waals surface area contributed by atoms with E-state index in [1.807, 2.05) is 79.4 Å². The Labute approximate surface area is 143 Å². The molecule has 24 heavy (non-hydrogen) atoms. The Hall–Kier alpha value is -2.87. The highest BCUT2D eigenvalue weighted by atomic mass is 16.2. The Balaban J connectivity index is 2.41. The fourth-order valence-electron chi connectivity index (χ4n) is 3.58. The molecule has 1 aliphatic heterocycles. The van der Waals surface area contributed by atoms with Crippen LogP contribution in [0.15, 0.2) is 91.1 Å². The van der Waals surface area contributed by atoms with Crippen molar-refractivity contribution in [2.24, 2.45) is 0 Å². The predicted octanol–water partition coefficient (Wildman–Crippen LogP) is 5.25. The number of amides is 1. The van der Waals surface area contributed by atoms with Gasteiger partial charge in [-0.2, -0.15) is 0 Å². The van der Waals surface area contributed by atoms with E-state index in [0.717, 1.165) is 22.4 Å². The van der Waals surface area contributed by atoms with Crippen molar-refractivity contribution in [1.29, 1.82) is 0 Å². The summed E-state index contributed by atoms with van der Waals surface area (Å²) in [6.07, 6.45) is 3.79. The Kier molecular flexibility index (Phi) is 3.98. The number of nitrogens with zero attached hydrogens (tertiary/aromatic N) is 1. The van der Waals surface area contributed by atoms with Gasteiger partial charge in [0.1, 0.15) is 5.54 Å². The Morgan fingerprint density at radius 1 is 1.08 bits per heavy atom. The van der Waals surface area contributed by atoms with Crippen LogP contribution in [0.5, 0.6) is 0 Å². The zero-order valence-corrected chi connectivity index (χ0v) is 14.1. The van der Waals surface area contributed by atoms with Gasteiger partial charge in [-0.25, -0.2) is 0 Å². The van der Waals surface area contributed by atoms with Gasteiger partial charge in [0.25, 0.3) is 5.91 Å². The van der Waals surface area contributed by atoms with Crippen molar-refractivity contribution in [2.75, 3.05) is 4.90 Å². The first kappa shape index (κ1) is 16.0. The van der Waals surface area contributed by atoms with E-state index in [2.05, 4.69) is 13.2 Å². The van der Waals surface area contributed by atoms with Gasteiger partial charge in [-0.15, -0.1) is 0 Å². The molecular weight excluding hydrogens is 294 g/mol. The molecule has 0 radical (unpaired) electrons. The maximum Gasteiger partial charge on any atom is 0.259 e. The van der Waals surface area contributed by atoms with E-state index in [-0.39, 0.29) is 5.91 Å². The second kappa shape index (κ2) is 5.97. The van der Waals surface area contributed by atoms with Gasteiger partial charge < -0.3 is 0 Å². The van der Waals surface area contributed by atoms with Crippen LogP contribution >= 0.6 is 0 Å². The minimum Gasteiger partial charge on any atom is -0.290 e. The molecule has 0 saturated carbocycles. The summed E-state index contributed by atoms with van der Waals surface area (Å²) in [6.45, 7) is 12.2. The predicted molar refractivity (Wildman–Crippen MR) is 100 cm³/mol. The summed E-state index contributed by atoms with van der Waals surface area (Å²) in [5.41, 5.74) is 3.63. The minimum absolute atomic E-state index is 0.0130. The van der Waals surface area contributed by atoms with Crippen LogP contribution in [0.1, 0.15) is 29.8 Å². The molecule has 0 spiro atoms. The molecule has 0 bridgehead atoms. The molecule has 1 amide bonds. The molecule has 2 heteroatoms. The Morgan fingerprint density at radius 2 is 1.71 bits per heavy atom. The summed E-state index contributed by atoms with van der Waals surface area (Å²) in [7, 11) is 0. The minimum atomic E-state index is -0.731. The Bertz CT molecular complexity index is 843.